The molecule has 1 aliphatic rings. The van der Waals surface area contributed by atoms with E-state index >= 15 is 0 Å². The summed E-state index contributed by atoms with van der Waals surface area (Å²) in [5.74, 6) is 2.16. The third kappa shape index (κ3) is 7.61. The Kier molecular flexibility index (Phi) is 10.3. The highest BCUT2D eigenvalue weighted by atomic mass is 32.1. The topological polar surface area (TPSA) is 34.2 Å². The molecule has 35 heavy (non-hydrogen) atoms. The second-order valence-corrected chi connectivity index (χ2v) is 11.9. The number of methoxy groups -OCH3 is 3. The lowest BCUT2D eigenvalue weighted by Crippen LogP contribution is -2.46. The van der Waals surface area contributed by atoms with Gasteiger partial charge in [0.2, 0.25) is 5.75 Å². The van der Waals surface area contributed by atoms with Crippen LogP contribution in [-0.4, -0.2) is 63.9 Å². The van der Waals surface area contributed by atoms with Crippen molar-refractivity contribution in [2.24, 2.45) is 5.41 Å². The molecular weight excluding hydrogens is 456 g/mol. The maximum absolute atomic E-state index is 5.68. The first-order valence-electron chi connectivity index (χ1n) is 13.1. The van der Waals surface area contributed by atoms with Crippen molar-refractivity contribution in [1.29, 1.82) is 0 Å². The molecule has 1 aromatic heterocycles. The smallest absolute Gasteiger partial charge is 0.203 e. The summed E-state index contributed by atoms with van der Waals surface area (Å²) in [4.78, 5) is 8.24. The molecule has 0 N–H and O–H groups in total. The average Bonchev–Trinajstić information content (AvgIpc) is 3.21. The number of benzene rings is 1. The van der Waals surface area contributed by atoms with Gasteiger partial charge in [0.25, 0.3) is 0 Å². The Morgan fingerprint density at radius 3 is 2.17 bits per heavy atom. The van der Waals surface area contributed by atoms with E-state index in [-0.39, 0.29) is 0 Å². The molecule has 0 bridgehead atoms. The van der Waals surface area contributed by atoms with E-state index in [4.69, 9.17) is 14.2 Å². The Morgan fingerprint density at radius 1 is 0.857 bits per heavy atom. The third-order valence-electron chi connectivity index (χ3n) is 7.32. The van der Waals surface area contributed by atoms with Crippen molar-refractivity contribution in [1.82, 2.24) is 9.80 Å². The second kappa shape index (κ2) is 13.0. The van der Waals surface area contributed by atoms with E-state index in [0.717, 1.165) is 44.0 Å². The van der Waals surface area contributed by atoms with Crippen LogP contribution < -0.4 is 14.2 Å². The fourth-order valence-corrected chi connectivity index (χ4v) is 6.13. The minimum Gasteiger partial charge on any atom is -0.493 e. The standard InChI is InChI=1S/C29H46N2O3S/c1-8-9-23-20-22(2)35-26(23)12-13-29(3,4)14-15-30-16-18-31(19-17-30)21-24-10-11-25(32-5)28(34-7)27(24)33-6/h10-11,20H,8-9,12-19,21H2,1-7H3. The Labute approximate surface area is 217 Å². The summed E-state index contributed by atoms with van der Waals surface area (Å²) >= 11 is 2.01. The summed E-state index contributed by atoms with van der Waals surface area (Å²) in [6, 6.07) is 6.47. The zero-order chi connectivity index (χ0) is 25.4. The van der Waals surface area contributed by atoms with Gasteiger partial charge in [-0.1, -0.05) is 33.3 Å². The number of thiophene rings is 1. The van der Waals surface area contributed by atoms with E-state index in [2.05, 4.69) is 49.6 Å². The fourth-order valence-electron chi connectivity index (χ4n) is 5.05. The van der Waals surface area contributed by atoms with Crippen molar-refractivity contribution in [2.45, 2.75) is 66.3 Å². The molecule has 1 aromatic carbocycles. The number of ether oxygens (including phenoxy) is 3. The monoisotopic (exact) mass is 502 g/mol. The quantitative estimate of drug-likeness (QED) is 0.326. The van der Waals surface area contributed by atoms with Gasteiger partial charge in [-0.25, -0.2) is 0 Å². The number of aryl methyl sites for hydroxylation is 3. The van der Waals surface area contributed by atoms with Crippen LogP contribution in [0.2, 0.25) is 0 Å². The Hall–Kier alpha value is -1.76. The van der Waals surface area contributed by atoms with Crippen LogP contribution in [0.15, 0.2) is 18.2 Å². The molecule has 2 heterocycles. The van der Waals surface area contributed by atoms with Crippen LogP contribution in [-0.2, 0) is 19.4 Å². The SMILES string of the molecule is CCCc1cc(C)sc1CCC(C)(C)CCN1CCN(Cc2ccc(OC)c(OC)c2OC)CC1. The highest BCUT2D eigenvalue weighted by Crippen LogP contribution is 2.40. The summed E-state index contributed by atoms with van der Waals surface area (Å²) < 4.78 is 16.7. The van der Waals surface area contributed by atoms with Crippen LogP contribution in [0.1, 0.15) is 60.9 Å². The lowest BCUT2D eigenvalue weighted by molar-refractivity contribution is 0.112. The van der Waals surface area contributed by atoms with Gasteiger partial charge in [0.15, 0.2) is 11.5 Å². The molecule has 0 aliphatic carbocycles. The highest BCUT2D eigenvalue weighted by Gasteiger charge is 2.24. The minimum absolute atomic E-state index is 0.367. The summed E-state index contributed by atoms with van der Waals surface area (Å²) in [5, 5.41) is 0. The molecule has 0 radical (unpaired) electrons. The van der Waals surface area contributed by atoms with Gasteiger partial charge < -0.3 is 19.1 Å². The van der Waals surface area contributed by atoms with Gasteiger partial charge >= 0.3 is 0 Å². The first kappa shape index (κ1) is 27.8. The molecule has 196 valence electrons. The molecule has 0 saturated carbocycles. The number of hydrogen-bond donors (Lipinski definition) is 0. The van der Waals surface area contributed by atoms with E-state index < -0.39 is 0 Å². The van der Waals surface area contributed by atoms with Crippen LogP contribution in [0.5, 0.6) is 17.2 Å². The molecule has 5 nitrogen and oxygen atoms in total. The molecule has 2 aromatic rings. The first-order chi connectivity index (χ1) is 16.8. The normalized spacial score (nSPS) is 15.4. The van der Waals surface area contributed by atoms with Crippen molar-refractivity contribution < 1.29 is 14.2 Å². The van der Waals surface area contributed by atoms with Crippen molar-refractivity contribution in [3.8, 4) is 17.2 Å². The van der Waals surface area contributed by atoms with Crippen molar-refractivity contribution in [3.63, 3.8) is 0 Å². The lowest BCUT2D eigenvalue weighted by atomic mass is 9.83. The van der Waals surface area contributed by atoms with Gasteiger partial charge in [0.05, 0.1) is 21.3 Å². The van der Waals surface area contributed by atoms with Crippen molar-refractivity contribution >= 4 is 11.3 Å². The Morgan fingerprint density at radius 2 is 1.54 bits per heavy atom. The summed E-state index contributed by atoms with van der Waals surface area (Å²) in [5.41, 5.74) is 3.10. The van der Waals surface area contributed by atoms with Gasteiger partial charge in [-0.2, -0.15) is 0 Å². The fraction of sp³-hybridized carbons (Fsp3) is 0.655. The predicted molar refractivity (Wildman–Crippen MR) is 148 cm³/mol. The van der Waals surface area contributed by atoms with Crippen LogP contribution in [0.4, 0.5) is 0 Å². The molecule has 1 aliphatic heterocycles. The van der Waals surface area contributed by atoms with Crippen LogP contribution in [0, 0.1) is 12.3 Å². The first-order valence-corrected chi connectivity index (χ1v) is 13.9. The maximum atomic E-state index is 5.68. The molecular formula is C29H46N2O3S. The Bertz CT molecular complexity index is 932. The van der Waals surface area contributed by atoms with Crippen molar-refractivity contribution in [3.05, 3.63) is 39.1 Å². The van der Waals surface area contributed by atoms with E-state index in [1.807, 2.05) is 17.4 Å². The van der Waals surface area contributed by atoms with E-state index in [0.29, 0.717) is 16.9 Å². The minimum atomic E-state index is 0.367. The summed E-state index contributed by atoms with van der Waals surface area (Å²) in [6.07, 6.45) is 6.20. The summed E-state index contributed by atoms with van der Waals surface area (Å²) in [6.45, 7) is 15.9. The number of rotatable bonds is 13. The van der Waals surface area contributed by atoms with Gasteiger partial charge in [-0.05, 0) is 62.3 Å². The molecule has 1 fully saturated rings. The maximum Gasteiger partial charge on any atom is 0.203 e. The lowest BCUT2D eigenvalue weighted by Gasteiger charge is -2.36. The van der Waals surface area contributed by atoms with E-state index in [9.17, 15) is 0 Å². The second-order valence-electron chi connectivity index (χ2n) is 10.6. The van der Waals surface area contributed by atoms with Gasteiger partial charge in [0, 0.05) is 48.0 Å². The van der Waals surface area contributed by atoms with Crippen LogP contribution in [0.25, 0.3) is 0 Å². The molecule has 0 unspecified atom stereocenters. The Balaban J connectivity index is 1.47. The molecule has 0 atom stereocenters. The zero-order valence-electron chi connectivity index (χ0n) is 23.0. The average molecular weight is 503 g/mol. The highest BCUT2D eigenvalue weighted by molar-refractivity contribution is 7.12. The number of hydrogen-bond acceptors (Lipinski definition) is 6. The molecule has 0 amide bonds. The number of piperazine rings is 1. The van der Waals surface area contributed by atoms with Crippen molar-refractivity contribution in [2.75, 3.05) is 54.1 Å². The van der Waals surface area contributed by atoms with Gasteiger partial charge in [0.1, 0.15) is 0 Å². The molecule has 0 spiro atoms. The van der Waals surface area contributed by atoms with Crippen LogP contribution in [0.3, 0.4) is 0 Å². The van der Waals surface area contributed by atoms with Gasteiger partial charge in [-0.15, -0.1) is 11.3 Å². The molecule has 1 saturated heterocycles. The zero-order valence-corrected chi connectivity index (χ0v) is 23.9. The third-order valence-corrected chi connectivity index (χ3v) is 8.47. The predicted octanol–water partition coefficient (Wildman–Crippen LogP) is 6.20. The van der Waals surface area contributed by atoms with E-state index in [1.54, 1.807) is 31.8 Å². The molecule has 6 heteroatoms. The van der Waals surface area contributed by atoms with Gasteiger partial charge in [-0.3, -0.25) is 4.90 Å². The summed E-state index contributed by atoms with van der Waals surface area (Å²) in [7, 11) is 5.02. The largest absolute Gasteiger partial charge is 0.493 e. The van der Waals surface area contributed by atoms with Crippen LogP contribution >= 0.6 is 11.3 Å². The molecule has 3 rings (SSSR count). The number of nitrogens with zero attached hydrogens (tertiary/aromatic N) is 2. The van der Waals surface area contributed by atoms with E-state index in [1.165, 1.54) is 43.5 Å².